The van der Waals surface area contributed by atoms with E-state index in [0.29, 0.717) is 5.92 Å². The van der Waals surface area contributed by atoms with Crippen molar-refractivity contribution in [1.29, 1.82) is 0 Å². The van der Waals surface area contributed by atoms with Gasteiger partial charge >= 0.3 is 5.97 Å². The van der Waals surface area contributed by atoms with Crippen molar-refractivity contribution in [2.45, 2.75) is 39.5 Å². The smallest absolute Gasteiger partial charge is 0.306 e. The van der Waals surface area contributed by atoms with Gasteiger partial charge in [0.2, 0.25) is 0 Å². The van der Waals surface area contributed by atoms with E-state index in [-0.39, 0.29) is 5.92 Å². The molecule has 1 fully saturated rings. The van der Waals surface area contributed by atoms with E-state index in [9.17, 15) is 4.79 Å². The van der Waals surface area contributed by atoms with E-state index < -0.39 is 5.97 Å². The van der Waals surface area contributed by atoms with Crippen LogP contribution in [-0.4, -0.2) is 11.1 Å². The van der Waals surface area contributed by atoms with Crippen LogP contribution in [0.4, 0.5) is 0 Å². The van der Waals surface area contributed by atoms with Crippen LogP contribution in [0, 0.1) is 11.8 Å². The Morgan fingerprint density at radius 3 is 2.38 bits per heavy atom. The first kappa shape index (κ1) is 10.3. The Labute approximate surface area is 79.6 Å². The van der Waals surface area contributed by atoms with Crippen molar-refractivity contribution in [2.24, 2.45) is 11.8 Å². The summed E-state index contributed by atoms with van der Waals surface area (Å²) in [5.74, 6) is -0.121. The van der Waals surface area contributed by atoms with E-state index in [1.54, 1.807) is 0 Å². The molecule has 1 rings (SSSR count). The number of aliphatic carboxylic acids is 1. The van der Waals surface area contributed by atoms with E-state index in [4.69, 9.17) is 5.11 Å². The number of rotatable bonds is 2. The second-order valence-corrected chi connectivity index (χ2v) is 4.18. The first-order chi connectivity index (χ1) is 6.09. The van der Waals surface area contributed by atoms with Gasteiger partial charge in [0.25, 0.3) is 0 Å². The maximum atomic E-state index is 10.7. The lowest BCUT2D eigenvalue weighted by Crippen LogP contribution is -2.17. The summed E-state index contributed by atoms with van der Waals surface area (Å²) in [6, 6.07) is 0. The van der Waals surface area contributed by atoms with Crippen LogP contribution in [0.2, 0.25) is 0 Å². The molecule has 0 aliphatic heterocycles. The highest BCUT2D eigenvalue weighted by Gasteiger charge is 2.22. The summed E-state index contributed by atoms with van der Waals surface area (Å²) in [5.41, 5.74) is 1.45. The van der Waals surface area contributed by atoms with Gasteiger partial charge in [-0.3, -0.25) is 4.79 Å². The van der Waals surface area contributed by atoms with Gasteiger partial charge in [0.15, 0.2) is 0 Å². The molecule has 1 aliphatic carbocycles. The van der Waals surface area contributed by atoms with E-state index in [2.05, 4.69) is 19.9 Å². The predicted molar refractivity (Wildman–Crippen MR) is 52.5 cm³/mol. The second-order valence-electron chi connectivity index (χ2n) is 4.18. The van der Waals surface area contributed by atoms with E-state index in [0.717, 1.165) is 25.7 Å². The second kappa shape index (κ2) is 4.45. The van der Waals surface area contributed by atoms with Gasteiger partial charge in [-0.15, -0.1) is 0 Å². The molecule has 0 aromatic carbocycles. The lowest BCUT2D eigenvalue weighted by Gasteiger charge is -2.20. The minimum absolute atomic E-state index is 0.0932. The minimum atomic E-state index is -0.622. The summed E-state index contributed by atoms with van der Waals surface area (Å²) in [7, 11) is 0. The van der Waals surface area contributed by atoms with Gasteiger partial charge in [-0.05, 0) is 31.6 Å². The van der Waals surface area contributed by atoms with Crippen LogP contribution >= 0.6 is 0 Å². The van der Waals surface area contributed by atoms with Crippen LogP contribution in [0.5, 0.6) is 0 Å². The molecule has 1 N–H and O–H groups in total. The van der Waals surface area contributed by atoms with Gasteiger partial charge in [0, 0.05) is 0 Å². The van der Waals surface area contributed by atoms with E-state index >= 15 is 0 Å². The first-order valence-corrected chi connectivity index (χ1v) is 5.02. The Morgan fingerprint density at radius 2 is 2.00 bits per heavy atom. The van der Waals surface area contributed by atoms with Crippen molar-refractivity contribution < 1.29 is 9.90 Å². The van der Waals surface area contributed by atoms with Crippen molar-refractivity contribution in [2.75, 3.05) is 0 Å². The number of carboxylic acid groups (broad SMARTS) is 1. The first-order valence-electron chi connectivity index (χ1n) is 5.02. The fraction of sp³-hybridized carbons (Fsp3) is 0.727. The van der Waals surface area contributed by atoms with Crippen molar-refractivity contribution in [3.63, 3.8) is 0 Å². The van der Waals surface area contributed by atoms with E-state index in [1.807, 2.05) is 0 Å². The van der Waals surface area contributed by atoms with Crippen LogP contribution in [0.25, 0.3) is 0 Å². The summed E-state index contributed by atoms with van der Waals surface area (Å²) in [4.78, 5) is 10.7. The molecule has 0 amide bonds. The van der Waals surface area contributed by atoms with Gasteiger partial charge < -0.3 is 5.11 Å². The van der Waals surface area contributed by atoms with Crippen molar-refractivity contribution in [3.8, 4) is 0 Å². The average molecular weight is 182 g/mol. The van der Waals surface area contributed by atoms with Crippen molar-refractivity contribution >= 4 is 5.97 Å². The van der Waals surface area contributed by atoms with Crippen LogP contribution in [-0.2, 0) is 4.79 Å². The molecular weight excluding hydrogens is 164 g/mol. The Hall–Kier alpha value is -0.790. The third kappa shape index (κ3) is 3.21. The number of allylic oxidation sites excluding steroid dienone is 2. The maximum absolute atomic E-state index is 10.7. The third-order valence-corrected chi connectivity index (χ3v) is 2.55. The van der Waals surface area contributed by atoms with Crippen LogP contribution in [0.3, 0.4) is 0 Å². The summed E-state index contributed by atoms with van der Waals surface area (Å²) < 4.78 is 0. The Bertz CT molecular complexity index is 206. The van der Waals surface area contributed by atoms with Gasteiger partial charge in [-0.1, -0.05) is 25.5 Å². The molecule has 0 bridgehead atoms. The SMILES string of the molecule is CC(C)C=C1CCC(C(=O)O)CC1. The molecule has 13 heavy (non-hydrogen) atoms. The molecule has 2 heteroatoms. The maximum Gasteiger partial charge on any atom is 0.306 e. The highest BCUT2D eigenvalue weighted by Crippen LogP contribution is 2.28. The highest BCUT2D eigenvalue weighted by atomic mass is 16.4. The van der Waals surface area contributed by atoms with Crippen LogP contribution in [0.15, 0.2) is 11.6 Å². The van der Waals surface area contributed by atoms with E-state index in [1.165, 1.54) is 5.57 Å². The Balaban J connectivity index is 2.43. The number of hydrogen-bond acceptors (Lipinski definition) is 1. The normalized spacial score (nSPS) is 23.3. The van der Waals surface area contributed by atoms with Crippen LogP contribution in [0.1, 0.15) is 39.5 Å². The molecule has 0 unspecified atom stereocenters. The Morgan fingerprint density at radius 1 is 1.46 bits per heavy atom. The molecule has 74 valence electrons. The van der Waals surface area contributed by atoms with Gasteiger partial charge in [-0.25, -0.2) is 0 Å². The summed E-state index contributed by atoms with van der Waals surface area (Å²) in [5, 5.41) is 8.79. The number of carboxylic acids is 1. The summed E-state index contributed by atoms with van der Waals surface area (Å²) in [6.07, 6.45) is 5.89. The van der Waals surface area contributed by atoms with Gasteiger partial charge in [-0.2, -0.15) is 0 Å². The molecule has 0 aromatic rings. The molecule has 1 saturated carbocycles. The Kier molecular flexibility index (Phi) is 3.52. The van der Waals surface area contributed by atoms with Crippen LogP contribution < -0.4 is 0 Å². The zero-order chi connectivity index (χ0) is 9.84. The lowest BCUT2D eigenvalue weighted by atomic mass is 9.85. The fourth-order valence-electron chi connectivity index (χ4n) is 1.87. The largest absolute Gasteiger partial charge is 0.481 e. The number of hydrogen-bond donors (Lipinski definition) is 1. The average Bonchev–Trinajstić information content (AvgIpc) is 2.04. The zero-order valence-electron chi connectivity index (χ0n) is 8.42. The molecule has 0 aromatic heterocycles. The predicted octanol–water partition coefficient (Wildman–Crippen LogP) is 2.84. The van der Waals surface area contributed by atoms with Crippen molar-refractivity contribution in [1.82, 2.24) is 0 Å². The molecule has 2 nitrogen and oxygen atoms in total. The van der Waals surface area contributed by atoms with Gasteiger partial charge in [0.05, 0.1) is 5.92 Å². The van der Waals surface area contributed by atoms with Crippen molar-refractivity contribution in [3.05, 3.63) is 11.6 Å². The van der Waals surface area contributed by atoms with Gasteiger partial charge in [0.1, 0.15) is 0 Å². The molecule has 0 radical (unpaired) electrons. The molecule has 0 heterocycles. The number of carbonyl (C=O) groups is 1. The lowest BCUT2D eigenvalue weighted by molar-refractivity contribution is -0.142. The fourth-order valence-corrected chi connectivity index (χ4v) is 1.87. The summed E-state index contributed by atoms with van der Waals surface area (Å²) >= 11 is 0. The quantitative estimate of drug-likeness (QED) is 0.667. The standard InChI is InChI=1S/C11H18O2/c1-8(2)7-9-3-5-10(6-4-9)11(12)13/h7-8,10H,3-6H2,1-2H3,(H,12,13). The molecule has 0 spiro atoms. The molecule has 1 aliphatic rings. The molecular formula is C11H18O2. The monoisotopic (exact) mass is 182 g/mol. The minimum Gasteiger partial charge on any atom is -0.481 e. The summed E-state index contributed by atoms with van der Waals surface area (Å²) in [6.45, 7) is 4.33. The third-order valence-electron chi connectivity index (χ3n) is 2.55. The molecule has 0 atom stereocenters. The highest BCUT2D eigenvalue weighted by molar-refractivity contribution is 5.70. The molecule has 0 saturated heterocycles. The zero-order valence-corrected chi connectivity index (χ0v) is 8.42. The topological polar surface area (TPSA) is 37.3 Å².